The van der Waals surface area contributed by atoms with Crippen molar-refractivity contribution in [3.8, 4) is 0 Å². The lowest BCUT2D eigenvalue weighted by atomic mass is 10.2. The fourth-order valence-corrected chi connectivity index (χ4v) is 2.94. The molecule has 4 aromatic rings. The summed E-state index contributed by atoms with van der Waals surface area (Å²) >= 11 is 5.75. The third kappa shape index (κ3) is 3.77. The highest BCUT2D eigenvalue weighted by Crippen LogP contribution is 2.24. The molecule has 2 N–H and O–H groups in total. The number of hydrogen-bond acceptors (Lipinski definition) is 4. The molecule has 4 rings (SSSR count). The smallest absolute Gasteiger partial charge is 0.255 e. The van der Waals surface area contributed by atoms with Crippen LogP contribution in [0.5, 0.6) is 0 Å². The molecule has 2 aromatic heterocycles. The molecule has 0 bridgehead atoms. The van der Waals surface area contributed by atoms with Crippen molar-refractivity contribution in [1.29, 1.82) is 0 Å². The summed E-state index contributed by atoms with van der Waals surface area (Å²) in [6.45, 7) is 0. The van der Waals surface area contributed by atoms with Gasteiger partial charge in [-0.05, 0) is 42.5 Å². The van der Waals surface area contributed by atoms with Crippen molar-refractivity contribution in [2.24, 2.45) is 0 Å². The third-order valence-corrected chi connectivity index (χ3v) is 4.38. The van der Waals surface area contributed by atoms with Crippen molar-refractivity contribution in [3.05, 3.63) is 89.5 Å². The first kappa shape index (κ1) is 17.9. The molecular weight excluding hydrogens is 379 g/mol. The Kier molecular flexibility index (Phi) is 4.87. The zero-order valence-corrected chi connectivity index (χ0v) is 15.2. The average molecular weight is 393 g/mol. The summed E-state index contributed by atoms with van der Waals surface area (Å²) in [4.78, 5) is 21.2. The number of nitrogens with one attached hydrogen (secondary N) is 2. The van der Waals surface area contributed by atoms with Gasteiger partial charge >= 0.3 is 0 Å². The van der Waals surface area contributed by atoms with Crippen molar-refractivity contribution in [1.82, 2.24) is 9.97 Å². The maximum atomic E-state index is 13.3. The minimum Gasteiger partial charge on any atom is -0.338 e. The lowest BCUT2D eigenvalue weighted by Gasteiger charge is -2.10. The summed E-state index contributed by atoms with van der Waals surface area (Å²) < 4.78 is 13.3. The molecule has 5 nitrogen and oxygen atoms in total. The normalized spacial score (nSPS) is 10.6. The Morgan fingerprint density at radius 3 is 2.68 bits per heavy atom. The number of benzene rings is 2. The zero-order valence-electron chi connectivity index (χ0n) is 14.5. The predicted octanol–water partition coefficient (Wildman–Crippen LogP) is 5.42. The molecule has 2 heterocycles. The van der Waals surface area contributed by atoms with Gasteiger partial charge in [-0.3, -0.25) is 9.78 Å². The fourth-order valence-electron chi connectivity index (χ4n) is 2.76. The highest BCUT2D eigenvalue weighted by atomic mass is 35.5. The van der Waals surface area contributed by atoms with Crippen LogP contribution >= 0.6 is 11.6 Å². The number of carbonyl (C=O) groups excluding carboxylic acids is 1. The largest absolute Gasteiger partial charge is 0.338 e. The number of pyridine rings is 2. The zero-order chi connectivity index (χ0) is 19.5. The van der Waals surface area contributed by atoms with E-state index >= 15 is 0 Å². The second-order valence-corrected chi connectivity index (χ2v) is 6.43. The van der Waals surface area contributed by atoms with Gasteiger partial charge in [0.2, 0.25) is 0 Å². The summed E-state index contributed by atoms with van der Waals surface area (Å²) in [7, 11) is 0. The molecule has 28 heavy (non-hydrogen) atoms. The average Bonchev–Trinajstić information content (AvgIpc) is 2.71. The van der Waals surface area contributed by atoms with E-state index in [1.54, 1.807) is 18.3 Å². The van der Waals surface area contributed by atoms with Crippen LogP contribution in [0.15, 0.2) is 73.1 Å². The molecule has 1 amide bonds. The molecule has 7 heteroatoms. The molecule has 0 spiro atoms. The van der Waals surface area contributed by atoms with Crippen LogP contribution in [0.4, 0.5) is 21.6 Å². The van der Waals surface area contributed by atoms with E-state index in [1.165, 1.54) is 24.4 Å². The van der Waals surface area contributed by atoms with E-state index < -0.39 is 5.82 Å². The molecule has 0 atom stereocenters. The van der Waals surface area contributed by atoms with Gasteiger partial charge in [0.15, 0.2) is 0 Å². The van der Waals surface area contributed by atoms with Gasteiger partial charge in [0, 0.05) is 29.0 Å². The number of nitrogens with zero attached hydrogens (tertiary/aromatic N) is 2. The van der Waals surface area contributed by atoms with Gasteiger partial charge in [-0.1, -0.05) is 29.8 Å². The van der Waals surface area contributed by atoms with Gasteiger partial charge in [-0.2, -0.15) is 0 Å². The van der Waals surface area contributed by atoms with Crippen molar-refractivity contribution in [3.63, 3.8) is 0 Å². The van der Waals surface area contributed by atoms with Gasteiger partial charge in [0.05, 0.1) is 16.2 Å². The first-order valence-electron chi connectivity index (χ1n) is 8.43. The highest BCUT2D eigenvalue weighted by Gasteiger charge is 2.10. The number of carbonyl (C=O) groups is 1. The summed E-state index contributed by atoms with van der Waals surface area (Å²) in [5, 5.41) is 6.83. The Balaban J connectivity index is 1.57. The second kappa shape index (κ2) is 7.62. The Labute approximate surface area is 165 Å². The quantitative estimate of drug-likeness (QED) is 0.486. The number of rotatable bonds is 4. The summed E-state index contributed by atoms with van der Waals surface area (Å²) in [5.41, 5.74) is 2.39. The lowest BCUT2D eigenvalue weighted by molar-refractivity contribution is 0.102. The maximum Gasteiger partial charge on any atom is 0.255 e. The van der Waals surface area contributed by atoms with Crippen LogP contribution in [0.25, 0.3) is 10.9 Å². The van der Waals surface area contributed by atoms with Crippen LogP contribution in [0, 0.1) is 5.82 Å². The highest BCUT2D eigenvalue weighted by molar-refractivity contribution is 6.31. The van der Waals surface area contributed by atoms with Crippen LogP contribution in [-0.4, -0.2) is 15.9 Å². The summed E-state index contributed by atoms with van der Waals surface area (Å²) in [6.07, 6.45) is 3.26. The minimum atomic E-state index is -0.543. The maximum absolute atomic E-state index is 13.3. The number of anilines is 3. The Morgan fingerprint density at radius 2 is 1.82 bits per heavy atom. The summed E-state index contributed by atoms with van der Waals surface area (Å²) in [5.74, 6) is -0.397. The van der Waals surface area contributed by atoms with E-state index in [-0.39, 0.29) is 10.9 Å². The fraction of sp³-hybridized carbons (Fsp3) is 0. The predicted molar refractivity (Wildman–Crippen MR) is 109 cm³/mol. The molecule has 0 radical (unpaired) electrons. The van der Waals surface area contributed by atoms with E-state index in [4.69, 9.17) is 11.6 Å². The van der Waals surface area contributed by atoms with E-state index in [2.05, 4.69) is 20.6 Å². The van der Waals surface area contributed by atoms with Gasteiger partial charge in [0.25, 0.3) is 5.91 Å². The molecule has 0 fully saturated rings. The Hall–Kier alpha value is -3.51. The minimum absolute atomic E-state index is 0.0571. The number of hydrogen-bond donors (Lipinski definition) is 2. The van der Waals surface area contributed by atoms with Gasteiger partial charge < -0.3 is 10.6 Å². The van der Waals surface area contributed by atoms with Crippen molar-refractivity contribution >= 4 is 45.6 Å². The number of aromatic nitrogens is 2. The third-order valence-electron chi connectivity index (χ3n) is 4.10. The van der Waals surface area contributed by atoms with Gasteiger partial charge in [-0.15, -0.1) is 0 Å². The second-order valence-electron chi connectivity index (χ2n) is 6.02. The van der Waals surface area contributed by atoms with Gasteiger partial charge in [0.1, 0.15) is 11.6 Å². The molecule has 0 aliphatic rings. The van der Waals surface area contributed by atoms with E-state index in [0.717, 1.165) is 16.6 Å². The van der Waals surface area contributed by atoms with Crippen LogP contribution in [0.3, 0.4) is 0 Å². The van der Waals surface area contributed by atoms with Gasteiger partial charge in [-0.25, -0.2) is 9.37 Å². The SMILES string of the molecule is O=C(Nc1ccc(F)c(Cl)c1)c1ccnc(Nc2cccc3cccnc23)c1. The van der Waals surface area contributed by atoms with Crippen LogP contribution in [0.1, 0.15) is 10.4 Å². The number of amides is 1. The van der Waals surface area contributed by atoms with Crippen molar-refractivity contribution in [2.45, 2.75) is 0 Å². The standard InChI is InChI=1S/C21H14ClFN4O/c22-16-12-15(6-7-17(16)23)26-21(28)14-8-10-24-19(11-14)27-18-5-1-3-13-4-2-9-25-20(13)18/h1-12H,(H,24,27)(H,26,28). The summed E-state index contributed by atoms with van der Waals surface area (Å²) in [6, 6.07) is 16.8. The lowest BCUT2D eigenvalue weighted by Crippen LogP contribution is -2.12. The van der Waals surface area contributed by atoms with E-state index in [9.17, 15) is 9.18 Å². The number of fused-ring (bicyclic) bond motifs is 1. The molecule has 0 aliphatic carbocycles. The van der Waals surface area contributed by atoms with E-state index in [0.29, 0.717) is 17.1 Å². The van der Waals surface area contributed by atoms with Crippen LogP contribution in [-0.2, 0) is 0 Å². The van der Waals surface area contributed by atoms with Crippen molar-refractivity contribution < 1.29 is 9.18 Å². The molecule has 0 unspecified atom stereocenters. The monoisotopic (exact) mass is 392 g/mol. The first-order valence-corrected chi connectivity index (χ1v) is 8.81. The van der Waals surface area contributed by atoms with Crippen LogP contribution < -0.4 is 10.6 Å². The topological polar surface area (TPSA) is 66.9 Å². The number of halogens is 2. The van der Waals surface area contributed by atoms with Crippen LogP contribution in [0.2, 0.25) is 5.02 Å². The molecule has 0 saturated heterocycles. The van der Waals surface area contributed by atoms with Crippen molar-refractivity contribution in [2.75, 3.05) is 10.6 Å². The molecule has 138 valence electrons. The Bertz CT molecular complexity index is 1180. The first-order chi connectivity index (χ1) is 13.6. The molecule has 0 aliphatic heterocycles. The number of para-hydroxylation sites is 1. The van der Waals surface area contributed by atoms with E-state index in [1.807, 2.05) is 30.3 Å². The molecule has 2 aromatic carbocycles. The molecule has 0 saturated carbocycles. The molecular formula is C21H14ClFN4O. The Morgan fingerprint density at radius 1 is 0.964 bits per heavy atom.